The van der Waals surface area contributed by atoms with Gasteiger partial charge in [0.25, 0.3) is 5.91 Å². The number of carbonyl (C=O) groups excluding carboxylic acids is 2. The van der Waals surface area contributed by atoms with E-state index < -0.39 is 0 Å². The van der Waals surface area contributed by atoms with Crippen LogP contribution in [0.1, 0.15) is 31.1 Å². The summed E-state index contributed by atoms with van der Waals surface area (Å²) in [7, 11) is 0. The number of amides is 2. The van der Waals surface area contributed by atoms with Crippen molar-refractivity contribution in [2.75, 3.05) is 23.8 Å². The summed E-state index contributed by atoms with van der Waals surface area (Å²) in [4.78, 5) is 27.7. The van der Waals surface area contributed by atoms with Gasteiger partial charge in [-0.2, -0.15) is 0 Å². The van der Waals surface area contributed by atoms with Crippen LogP contribution >= 0.6 is 0 Å². The quantitative estimate of drug-likeness (QED) is 0.806. The zero-order valence-corrected chi connectivity index (χ0v) is 14.5. The van der Waals surface area contributed by atoms with Crippen LogP contribution in [-0.4, -0.2) is 30.0 Å². The monoisotopic (exact) mass is 343 g/mol. The van der Waals surface area contributed by atoms with Crippen molar-refractivity contribution >= 4 is 23.2 Å². The summed E-state index contributed by atoms with van der Waals surface area (Å²) in [6.45, 7) is 5.90. The van der Waals surface area contributed by atoms with Crippen LogP contribution in [0.2, 0.25) is 0 Å². The van der Waals surface area contributed by atoms with Gasteiger partial charge in [-0.3, -0.25) is 14.6 Å². The lowest BCUT2D eigenvalue weighted by molar-refractivity contribution is -0.114. The Bertz CT molecular complexity index is 747. The largest absolute Gasteiger partial charge is 0.492 e. The minimum atomic E-state index is -0.316. The number of aromatic nitrogens is 1. The topological polar surface area (TPSA) is 89.6 Å². The van der Waals surface area contributed by atoms with Gasteiger partial charge in [-0.1, -0.05) is 0 Å². The first-order valence-electron chi connectivity index (χ1n) is 7.97. The molecule has 0 bridgehead atoms. The van der Waals surface area contributed by atoms with Gasteiger partial charge in [0.2, 0.25) is 5.91 Å². The molecule has 1 aromatic heterocycles. The molecule has 2 aromatic rings. The van der Waals surface area contributed by atoms with Crippen molar-refractivity contribution in [2.45, 2.75) is 20.8 Å². The van der Waals surface area contributed by atoms with E-state index in [0.29, 0.717) is 41.7 Å². The number of nitrogens with zero attached hydrogens (tertiary/aromatic N) is 1. The number of rotatable bonds is 7. The molecule has 0 saturated heterocycles. The van der Waals surface area contributed by atoms with Gasteiger partial charge in [-0.05, 0) is 26.0 Å². The Morgan fingerprint density at radius 2 is 1.64 bits per heavy atom. The lowest BCUT2D eigenvalue weighted by atomic mass is 10.2. The first kappa shape index (κ1) is 18.3. The van der Waals surface area contributed by atoms with Crippen LogP contribution in [0.4, 0.5) is 11.4 Å². The summed E-state index contributed by atoms with van der Waals surface area (Å²) in [6.07, 6.45) is 3.07. The molecule has 0 radical (unpaired) electrons. The van der Waals surface area contributed by atoms with Gasteiger partial charge in [0.1, 0.15) is 11.5 Å². The van der Waals surface area contributed by atoms with E-state index in [9.17, 15) is 9.59 Å². The van der Waals surface area contributed by atoms with Crippen molar-refractivity contribution in [1.29, 1.82) is 0 Å². The molecule has 2 rings (SSSR count). The fourth-order valence-corrected chi connectivity index (χ4v) is 2.19. The lowest BCUT2D eigenvalue weighted by Gasteiger charge is -2.17. The summed E-state index contributed by atoms with van der Waals surface area (Å²) < 4.78 is 11.2. The van der Waals surface area contributed by atoms with Gasteiger partial charge < -0.3 is 20.1 Å². The molecule has 0 aliphatic carbocycles. The summed E-state index contributed by atoms with van der Waals surface area (Å²) in [5, 5.41) is 5.50. The van der Waals surface area contributed by atoms with Crippen molar-refractivity contribution in [1.82, 2.24) is 4.98 Å². The number of anilines is 2. The van der Waals surface area contributed by atoms with Gasteiger partial charge in [0, 0.05) is 31.5 Å². The molecule has 0 aliphatic rings. The van der Waals surface area contributed by atoms with E-state index in [1.807, 2.05) is 13.8 Å². The van der Waals surface area contributed by atoms with Gasteiger partial charge in [-0.25, -0.2) is 0 Å². The molecule has 2 N–H and O–H groups in total. The van der Waals surface area contributed by atoms with Crippen molar-refractivity contribution in [3.63, 3.8) is 0 Å². The zero-order chi connectivity index (χ0) is 18.2. The number of nitrogens with one attached hydrogen (secondary N) is 2. The maximum Gasteiger partial charge on any atom is 0.257 e. The Morgan fingerprint density at radius 3 is 2.12 bits per heavy atom. The zero-order valence-electron chi connectivity index (χ0n) is 14.5. The van der Waals surface area contributed by atoms with Crippen molar-refractivity contribution in [3.05, 3.63) is 42.2 Å². The molecule has 0 fully saturated rings. The second-order valence-electron chi connectivity index (χ2n) is 5.09. The summed E-state index contributed by atoms with van der Waals surface area (Å²) in [6, 6.07) is 6.62. The predicted octanol–water partition coefficient (Wildman–Crippen LogP) is 3.09. The normalized spacial score (nSPS) is 10.0. The minimum Gasteiger partial charge on any atom is -0.492 e. The molecule has 132 valence electrons. The predicted molar refractivity (Wildman–Crippen MR) is 95.3 cm³/mol. The average Bonchev–Trinajstić information content (AvgIpc) is 2.59. The van der Waals surface area contributed by atoms with E-state index in [4.69, 9.17) is 9.47 Å². The lowest BCUT2D eigenvalue weighted by Crippen LogP contribution is -2.14. The van der Waals surface area contributed by atoms with Crippen LogP contribution in [0.25, 0.3) is 0 Å². The Balaban J connectivity index is 2.38. The van der Waals surface area contributed by atoms with Crippen LogP contribution in [-0.2, 0) is 4.79 Å². The first-order chi connectivity index (χ1) is 12.0. The first-order valence-corrected chi connectivity index (χ1v) is 7.97. The highest BCUT2D eigenvalue weighted by atomic mass is 16.5. The number of pyridine rings is 1. The smallest absolute Gasteiger partial charge is 0.257 e. The number of hydrogen-bond donors (Lipinski definition) is 2. The summed E-state index contributed by atoms with van der Waals surface area (Å²) >= 11 is 0. The molecule has 0 atom stereocenters. The number of carbonyl (C=O) groups is 2. The molecular weight excluding hydrogens is 322 g/mol. The van der Waals surface area contributed by atoms with E-state index in [2.05, 4.69) is 15.6 Å². The highest BCUT2D eigenvalue weighted by Gasteiger charge is 2.16. The standard InChI is InChI=1S/C18H21N3O4/c1-4-24-16-10-15(21-18(23)13-7-6-8-19-11-13)17(25-5-2)9-14(16)20-12(3)22/h6-11H,4-5H2,1-3H3,(H,20,22)(H,21,23). The molecule has 25 heavy (non-hydrogen) atoms. The molecule has 2 amide bonds. The third-order valence-corrected chi connectivity index (χ3v) is 3.16. The molecule has 7 nitrogen and oxygen atoms in total. The number of ether oxygens (including phenoxy) is 2. The highest BCUT2D eigenvalue weighted by Crippen LogP contribution is 2.37. The molecule has 1 aromatic carbocycles. The van der Waals surface area contributed by atoms with Gasteiger partial charge >= 0.3 is 0 Å². The maximum absolute atomic E-state index is 12.4. The van der Waals surface area contributed by atoms with E-state index in [1.165, 1.54) is 13.1 Å². The molecule has 0 aliphatic heterocycles. The van der Waals surface area contributed by atoms with Crippen LogP contribution in [0, 0.1) is 0 Å². The Labute approximate surface area is 146 Å². The van der Waals surface area contributed by atoms with Gasteiger partial charge in [-0.15, -0.1) is 0 Å². The minimum absolute atomic E-state index is 0.226. The molecular formula is C18H21N3O4. The van der Waals surface area contributed by atoms with Crippen LogP contribution in [0.15, 0.2) is 36.7 Å². The van der Waals surface area contributed by atoms with Crippen LogP contribution in [0.3, 0.4) is 0 Å². The van der Waals surface area contributed by atoms with E-state index in [1.54, 1.807) is 30.5 Å². The summed E-state index contributed by atoms with van der Waals surface area (Å²) in [5.41, 5.74) is 1.36. The van der Waals surface area contributed by atoms with E-state index >= 15 is 0 Å². The van der Waals surface area contributed by atoms with Crippen molar-refractivity contribution in [2.24, 2.45) is 0 Å². The van der Waals surface area contributed by atoms with E-state index in [0.717, 1.165) is 0 Å². The molecule has 1 heterocycles. The molecule has 0 unspecified atom stereocenters. The third-order valence-electron chi connectivity index (χ3n) is 3.16. The highest BCUT2D eigenvalue weighted by molar-refractivity contribution is 6.05. The van der Waals surface area contributed by atoms with Gasteiger partial charge in [0.05, 0.1) is 30.2 Å². The number of benzene rings is 1. The second kappa shape index (κ2) is 8.68. The number of hydrogen-bond acceptors (Lipinski definition) is 5. The molecule has 0 saturated carbocycles. The Hall–Kier alpha value is -3.09. The average molecular weight is 343 g/mol. The van der Waals surface area contributed by atoms with Crippen LogP contribution < -0.4 is 20.1 Å². The fraction of sp³-hybridized carbons (Fsp3) is 0.278. The SMILES string of the molecule is CCOc1cc(NC(=O)c2cccnc2)c(OCC)cc1NC(C)=O. The van der Waals surface area contributed by atoms with Crippen LogP contribution in [0.5, 0.6) is 11.5 Å². The fourth-order valence-electron chi connectivity index (χ4n) is 2.19. The summed E-state index contributed by atoms with van der Waals surface area (Å²) in [5.74, 6) is 0.342. The van der Waals surface area contributed by atoms with E-state index in [-0.39, 0.29) is 11.8 Å². The van der Waals surface area contributed by atoms with Crippen molar-refractivity contribution in [3.8, 4) is 11.5 Å². The Kier molecular flexibility index (Phi) is 6.33. The van der Waals surface area contributed by atoms with Gasteiger partial charge in [0.15, 0.2) is 0 Å². The second-order valence-corrected chi connectivity index (χ2v) is 5.09. The molecule has 7 heteroatoms. The molecule has 0 spiro atoms. The van der Waals surface area contributed by atoms with Crippen molar-refractivity contribution < 1.29 is 19.1 Å². The maximum atomic E-state index is 12.4. The Morgan fingerprint density at radius 1 is 1.04 bits per heavy atom. The third kappa shape index (κ3) is 4.94.